The van der Waals surface area contributed by atoms with Crippen LogP contribution in [-0.2, 0) is 17.5 Å². The zero-order valence-electron chi connectivity index (χ0n) is 11.7. The number of halogens is 3. The Morgan fingerprint density at radius 1 is 1.38 bits per heavy atom. The van der Waals surface area contributed by atoms with Crippen LogP contribution in [0.4, 0.5) is 13.2 Å². The van der Waals surface area contributed by atoms with E-state index in [-0.39, 0.29) is 6.54 Å². The third-order valence-electron chi connectivity index (χ3n) is 2.63. The highest BCUT2D eigenvalue weighted by atomic mass is 19.4. The summed E-state index contributed by atoms with van der Waals surface area (Å²) in [6, 6.07) is 5.04. The molecular weight excluding hydrogens is 285 g/mol. The molecule has 0 spiro atoms. The molecule has 5 nitrogen and oxygen atoms in total. The summed E-state index contributed by atoms with van der Waals surface area (Å²) in [5.74, 6) is 5.62. The number of ether oxygens (including phenoxy) is 1. The van der Waals surface area contributed by atoms with Crippen molar-refractivity contribution in [1.82, 2.24) is 10.7 Å². The van der Waals surface area contributed by atoms with Crippen molar-refractivity contribution >= 4 is 5.96 Å². The van der Waals surface area contributed by atoms with Crippen molar-refractivity contribution in [3.63, 3.8) is 0 Å². The fraction of sp³-hybridized carbons (Fsp3) is 0.462. The molecule has 0 aromatic heterocycles. The average molecular weight is 304 g/mol. The Balaban J connectivity index is 2.60. The number of nitrogens with one attached hydrogen (secondary N) is 2. The fourth-order valence-electron chi connectivity index (χ4n) is 1.59. The van der Waals surface area contributed by atoms with Gasteiger partial charge in [0, 0.05) is 20.3 Å². The molecule has 0 radical (unpaired) electrons. The second-order valence-electron chi connectivity index (χ2n) is 4.28. The Kier molecular flexibility index (Phi) is 6.97. The third kappa shape index (κ3) is 6.46. The molecule has 8 heteroatoms. The van der Waals surface area contributed by atoms with Gasteiger partial charge in [0.2, 0.25) is 5.96 Å². The van der Waals surface area contributed by atoms with Gasteiger partial charge in [0.1, 0.15) is 0 Å². The predicted octanol–water partition coefficient (Wildman–Crippen LogP) is 1.65. The van der Waals surface area contributed by atoms with Gasteiger partial charge in [0.15, 0.2) is 0 Å². The summed E-state index contributed by atoms with van der Waals surface area (Å²) < 4.78 is 42.6. The maximum atomic E-state index is 12.6. The molecule has 0 fully saturated rings. The van der Waals surface area contributed by atoms with Crippen molar-refractivity contribution in [1.29, 1.82) is 0 Å². The largest absolute Gasteiger partial charge is 0.416 e. The molecule has 0 aliphatic heterocycles. The van der Waals surface area contributed by atoms with Crippen LogP contribution in [0.1, 0.15) is 17.5 Å². The number of guanidine groups is 1. The van der Waals surface area contributed by atoms with Crippen LogP contribution in [0.5, 0.6) is 0 Å². The van der Waals surface area contributed by atoms with Crippen LogP contribution in [0.3, 0.4) is 0 Å². The van der Waals surface area contributed by atoms with Crippen molar-refractivity contribution < 1.29 is 17.9 Å². The molecule has 0 saturated heterocycles. The molecule has 21 heavy (non-hydrogen) atoms. The Bertz CT molecular complexity index is 463. The molecule has 0 saturated carbocycles. The molecule has 0 bridgehead atoms. The number of nitrogens with two attached hydrogens (primary N) is 1. The van der Waals surface area contributed by atoms with Crippen molar-refractivity contribution in [3.05, 3.63) is 35.4 Å². The summed E-state index contributed by atoms with van der Waals surface area (Å²) in [6.07, 6.45) is -3.59. The van der Waals surface area contributed by atoms with Gasteiger partial charge in [-0.1, -0.05) is 12.1 Å². The molecule has 118 valence electrons. The molecular formula is C13H19F3N4O. The third-order valence-corrected chi connectivity index (χ3v) is 2.63. The first-order valence-corrected chi connectivity index (χ1v) is 6.37. The normalized spacial score (nSPS) is 12.3. The molecule has 0 heterocycles. The number of aliphatic imine (C=N–C) groups is 1. The highest BCUT2D eigenvalue weighted by molar-refractivity contribution is 5.79. The molecule has 0 aliphatic carbocycles. The van der Waals surface area contributed by atoms with Crippen LogP contribution in [0.2, 0.25) is 0 Å². The monoisotopic (exact) mass is 304 g/mol. The number of hydrogen-bond acceptors (Lipinski definition) is 3. The quantitative estimate of drug-likeness (QED) is 0.246. The lowest BCUT2D eigenvalue weighted by Gasteiger charge is -2.10. The SMILES string of the molecule is COCCCNC(=NCc1cccc(C(F)(F)F)c1)NN. The van der Waals surface area contributed by atoms with Gasteiger partial charge < -0.3 is 10.1 Å². The standard InChI is InChI=1S/C13H19F3N4O/c1-21-7-3-6-18-12(20-17)19-9-10-4-2-5-11(8-10)13(14,15)16/h2,4-5,8H,3,6-7,9,17H2,1H3,(H2,18,19,20). The number of alkyl halides is 3. The maximum Gasteiger partial charge on any atom is 0.416 e. The first kappa shape index (κ1) is 17.3. The van der Waals surface area contributed by atoms with Crippen LogP contribution < -0.4 is 16.6 Å². The summed E-state index contributed by atoms with van der Waals surface area (Å²) in [6.45, 7) is 1.29. The summed E-state index contributed by atoms with van der Waals surface area (Å²) in [5, 5.41) is 2.93. The van der Waals surface area contributed by atoms with E-state index in [9.17, 15) is 13.2 Å². The van der Waals surface area contributed by atoms with Crippen LogP contribution in [0.15, 0.2) is 29.3 Å². The van der Waals surface area contributed by atoms with Crippen molar-refractivity contribution in [2.75, 3.05) is 20.3 Å². The van der Waals surface area contributed by atoms with E-state index in [2.05, 4.69) is 15.7 Å². The van der Waals surface area contributed by atoms with Gasteiger partial charge in [-0.25, -0.2) is 10.8 Å². The highest BCUT2D eigenvalue weighted by Gasteiger charge is 2.30. The van der Waals surface area contributed by atoms with E-state index in [1.165, 1.54) is 6.07 Å². The van der Waals surface area contributed by atoms with Gasteiger partial charge in [0.25, 0.3) is 0 Å². The maximum absolute atomic E-state index is 12.6. The van der Waals surface area contributed by atoms with Gasteiger partial charge in [0.05, 0.1) is 12.1 Å². The van der Waals surface area contributed by atoms with Crippen molar-refractivity contribution in [2.45, 2.75) is 19.1 Å². The molecule has 0 unspecified atom stereocenters. The molecule has 1 aromatic carbocycles. The van der Waals surface area contributed by atoms with E-state index in [1.807, 2.05) is 0 Å². The van der Waals surface area contributed by atoms with Gasteiger partial charge in [-0.3, -0.25) is 5.43 Å². The number of methoxy groups -OCH3 is 1. The molecule has 1 aromatic rings. The van der Waals surface area contributed by atoms with Gasteiger partial charge in [-0.15, -0.1) is 0 Å². The highest BCUT2D eigenvalue weighted by Crippen LogP contribution is 2.29. The van der Waals surface area contributed by atoms with E-state index >= 15 is 0 Å². The summed E-state index contributed by atoms with van der Waals surface area (Å²) in [4.78, 5) is 4.09. The van der Waals surface area contributed by atoms with E-state index in [0.717, 1.165) is 18.6 Å². The summed E-state index contributed by atoms with van der Waals surface area (Å²) in [7, 11) is 1.60. The first-order chi connectivity index (χ1) is 9.97. The zero-order chi connectivity index (χ0) is 15.7. The minimum atomic E-state index is -4.35. The lowest BCUT2D eigenvalue weighted by atomic mass is 10.1. The molecule has 0 atom stereocenters. The molecule has 0 aliphatic rings. The van der Waals surface area contributed by atoms with Crippen molar-refractivity contribution in [3.8, 4) is 0 Å². The minimum absolute atomic E-state index is 0.0979. The topological polar surface area (TPSA) is 71.7 Å². The predicted molar refractivity (Wildman–Crippen MR) is 74.4 cm³/mol. The van der Waals surface area contributed by atoms with E-state index in [4.69, 9.17) is 10.6 Å². The minimum Gasteiger partial charge on any atom is -0.385 e. The first-order valence-electron chi connectivity index (χ1n) is 6.37. The fourth-order valence-corrected chi connectivity index (χ4v) is 1.59. The van der Waals surface area contributed by atoms with Crippen LogP contribution in [0, 0.1) is 0 Å². The Hall–Kier alpha value is -1.80. The van der Waals surface area contributed by atoms with E-state index in [1.54, 1.807) is 13.2 Å². The van der Waals surface area contributed by atoms with Crippen molar-refractivity contribution in [2.24, 2.45) is 10.8 Å². The zero-order valence-corrected chi connectivity index (χ0v) is 11.7. The van der Waals surface area contributed by atoms with Gasteiger partial charge in [-0.05, 0) is 24.1 Å². The molecule has 0 amide bonds. The summed E-state index contributed by atoms with van der Waals surface area (Å²) >= 11 is 0. The number of rotatable bonds is 6. The summed E-state index contributed by atoms with van der Waals surface area (Å²) in [5.41, 5.74) is 2.14. The Labute approximate surface area is 121 Å². The number of benzene rings is 1. The lowest BCUT2D eigenvalue weighted by molar-refractivity contribution is -0.137. The second kappa shape index (κ2) is 8.48. The van der Waals surface area contributed by atoms with Crippen LogP contribution >= 0.6 is 0 Å². The smallest absolute Gasteiger partial charge is 0.385 e. The molecule has 1 rings (SSSR count). The number of nitrogens with zero attached hydrogens (tertiary/aromatic N) is 1. The number of hydrogen-bond donors (Lipinski definition) is 3. The van der Waals surface area contributed by atoms with Gasteiger partial charge >= 0.3 is 6.18 Å². The Morgan fingerprint density at radius 2 is 2.14 bits per heavy atom. The molecule has 4 N–H and O–H groups in total. The van der Waals surface area contributed by atoms with Gasteiger partial charge in [-0.2, -0.15) is 13.2 Å². The number of hydrazine groups is 1. The van der Waals surface area contributed by atoms with E-state index < -0.39 is 11.7 Å². The van der Waals surface area contributed by atoms with E-state index in [0.29, 0.717) is 24.7 Å². The van der Waals surface area contributed by atoms with Crippen LogP contribution in [-0.4, -0.2) is 26.2 Å². The second-order valence-corrected chi connectivity index (χ2v) is 4.28. The Morgan fingerprint density at radius 3 is 2.76 bits per heavy atom. The van der Waals surface area contributed by atoms with Crippen LogP contribution in [0.25, 0.3) is 0 Å². The lowest BCUT2D eigenvalue weighted by Crippen LogP contribution is -2.42. The average Bonchev–Trinajstić information content (AvgIpc) is 2.46.